The Morgan fingerprint density at radius 1 is 1.33 bits per heavy atom. The van der Waals surface area contributed by atoms with Crippen LogP contribution >= 0.6 is 0 Å². The summed E-state index contributed by atoms with van der Waals surface area (Å²) in [5.41, 5.74) is 1.50. The first-order valence-corrected chi connectivity index (χ1v) is 8.51. The van der Waals surface area contributed by atoms with Gasteiger partial charge in [0.2, 0.25) is 0 Å². The average Bonchev–Trinajstić information content (AvgIpc) is 2.43. The van der Waals surface area contributed by atoms with Crippen LogP contribution in [0.4, 0.5) is 4.39 Å². The first-order valence-electron chi connectivity index (χ1n) is 8.51. The van der Waals surface area contributed by atoms with Crippen LogP contribution < -0.4 is 5.32 Å². The Kier molecular flexibility index (Phi) is 5.80. The molecule has 118 valence electrons. The van der Waals surface area contributed by atoms with Crippen LogP contribution in [-0.4, -0.2) is 12.6 Å². The van der Waals surface area contributed by atoms with E-state index in [1.807, 2.05) is 6.07 Å². The average molecular weight is 291 g/mol. The quantitative estimate of drug-likeness (QED) is 0.781. The molecule has 1 aliphatic carbocycles. The summed E-state index contributed by atoms with van der Waals surface area (Å²) in [4.78, 5) is 0. The molecule has 0 aliphatic heterocycles. The summed E-state index contributed by atoms with van der Waals surface area (Å²) in [6.45, 7) is 8.07. The molecule has 2 heteroatoms. The highest BCUT2D eigenvalue weighted by atomic mass is 19.1. The normalized spacial score (nSPS) is 23.0. The Bertz CT molecular complexity index is 441. The second-order valence-electron chi connectivity index (χ2n) is 7.24. The molecule has 0 saturated heterocycles. The van der Waals surface area contributed by atoms with Gasteiger partial charge >= 0.3 is 0 Å². The van der Waals surface area contributed by atoms with Crippen molar-refractivity contribution in [3.63, 3.8) is 0 Å². The van der Waals surface area contributed by atoms with Gasteiger partial charge in [0.1, 0.15) is 5.82 Å². The van der Waals surface area contributed by atoms with Crippen LogP contribution in [0.15, 0.2) is 24.3 Å². The van der Waals surface area contributed by atoms with Crippen molar-refractivity contribution in [1.82, 2.24) is 5.32 Å². The highest BCUT2D eigenvalue weighted by Crippen LogP contribution is 2.43. The smallest absolute Gasteiger partial charge is 0.123 e. The molecular weight excluding hydrogens is 261 g/mol. The number of halogens is 1. The number of hydrogen-bond acceptors (Lipinski definition) is 1. The third kappa shape index (κ3) is 4.54. The number of nitrogens with one attached hydrogen (secondary N) is 1. The zero-order chi connectivity index (χ0) is 15.3. The van der Waals surface area contributed by atoms with Crippen molar-refractivity contribution in [3.8, 4) is 0 Å². The maximum absolute atomic E-state index is 13.4. The van der Waals surface area contributed by atoms with Gasteiger partial charge in [0.15, 0.2) is 0 Å². The fourth-order valence-corrected chi connectivity index (χ4v) is 3.87. The predicted octanol–water partition coefficient (Wildman–Crippen LogP) is 4.95. The number of benzene rings is 1. The predicted molar refractivity (Wildman–Crippen MR) is 87.9 cm³/mol. The molecule has 0 heterocycles. The molecular formula is C19H30FN. The second-order valence-corrected chi connectivity index (χ2v) is 7.24. The molecule has 0 bridgehead atoms. The summed E-state index contributed by atoms with van der Waals surface area (Å²) in [5, 5.41) is 3.74. The Hall–Kier alpha value is -0.890. The van der Waals surface area contributed by atoms with Crippen LogP contribution in [-0.2, 0) is 6.42 Å². The van der Waals surface area contributed by atoms with Crippen LogP contribution in [0.3, 0.4) is 0 Å². The third-order valence-corrected chi connectivity index (χ3v) is 5.08. The van der Waals surface area contributed by atoms with Gasteiger partial charge in [0.05, 0.1) is 0 Å². The van der Waals surface area contributed by atoms with E-state index in [2.05, 4.69) is 32.2 Å². The van der Waals surface area contributed by atoms with E-state index in [0.717, 1.165) is 24.9 Å². The van der Waals surface area contributed by atoms with Gasteiger partial charge in [0.25, 0.3) is 0 Å². The molecule has 1 aromatic carbocycles. The minimum atomic E-state index is -0.121. The summed E-state index contributed by atoms with van der Waals surface area (Å²) in [6.07, 6.45) is 7.37. The Labute approximate surface area is 129 Å². The largest absolute Gasteiger partial charge is 0.313 e. The highest BCUT2D eigenvalue weighted by Gasteiger charge is 2.37. The topological polar surface area (TPSA) is 12.0 Å². The van der Waals surface area contributed by atoms with Gasteiger partial charge in [-0.05, 0) is 61.3 Å². The standard InChI is InChI=1S/C19H30FN/c1-4-12-21-18(14-15-8-7-9-16(20)13-15)17-10-5-6-11-19(17,2)3/h7-9,13,17-18,21H,4-6,10-12,14H2,1-3H3. The fraction of sp³-hybridized carbons (Fsp3) is 0.684. The Morgan fingerprint density at radius 2 is 2.14 bits per heavy atom. The molecule has 1 aromatic rings. The van der Waals surface area contributed by atoms with Gasteiger partial charge in [-0.25, -0.2) is 4.39 Å². The molecule has 1 saturated carbocycles. The van der Waals surface area contributed by atoms with Crippen LogP contribution in [0.2, 0.25) is 0 Å². The zero-order valence-corrected chi connectivity index (χ0v) is 13.8. The van der Waals surface area contributed by atoms with Gasteiger partial charge in [0, 0.05) is 6.04 Å². The highest BCUT2D eigenvalue weighted by molar-refractivity contribution is 5.18. The lowest BCUT2D eigenvalue weighted by Gasteiger charge is -2.44. The molecule has 0 spiro atoms. The van der Waals surface area contributed by atoms with Gasteiger partial charge in [-0.1, -0.05) is 45.7 Å². The van der Waals surface area contributed by atoms with Crippen molar-refractivity contribution in [2.45, 2.75) is 65.3 Å². The summed E-state index contributed by atoms with van der Waals surface area (Å²) >= 11 is 0. The van der Waals surface area contributed by atoms with Crippen molar-refractivity contribution < 1.29 is 4.39 Å². The molecule has 1 fully saturated rings. The van der Waals surface area contributed by atoms with E-state index in [9.17, 15) is 4.39 Å². The molecule has 21 heavy (non-hydrogen) atoms. The van der Waals surface area contributed by atoms with Crippen molar-refractivity contribution in [2.24, 2.45) is 11.3 Å². The summed E-state index contributed by atoms with van der Waals surface area (Å²) in [5.74, 6) is 0.561. The maximum Gasteiger partial charge on any atom is 0.123 e. The van der Waals surface area contributed by atoms with Crippen LogP contribution in [0.5, 0.6) is 0 Å². The van der Waals surface area contributed by atoms with E-state index < -0.39 is 0 Å². The van der Waals surface area contributed by atoms with E-state index in [1.165, 1.54) is 31.7 Å². The molecule has 0 amide bonds. The van der Waals surface area contributed by atoms with Gasteiger partial charge in [-0.15, -0.1) is 0 Å². The lowest BCUT2D eigenvalue weighted by Crippen LogP contribution is -2.46. The molecule has 0 radical (unpaired) electrons. The zero-order valence-electron chi connectivity index (χ0n) is 13.8. The van der Waals surface area contributed by atoms with Crippen LogP contribution in [0.25, 0.3) is 0 Å². The third-order valence-electron chi connectivity index (χ3n) is 5.08. The van der Waals surface area contributed by atoms with Gasteiger partial charge in [-0.3, -0.25) is 0 Å². The lowest BCUT2D eigenvalue weighted by atomic mass is 9.65. The summed E-state index contributed by atoms with van der Waals surface area (Å²) < 4.78 is 13.4. The second kappa shape index (κ2) is 7.40. The lowest BCUT2D eigenvalue weighted by molar-refractivity contribution is 0.0981. The molecule has 1 nitrogen and oxygen atoms in total. The maximum atomic E-state index is 13.4. The van der Waals surface area contributed by atoms with Gasteiger partial charge in [-0.2, -0.15) is 0 Å². The fourth-order valence-electron chi connectivity index (χ4n) is 3.87. The van der Waals surface area contributed by atoms with E-state index in [-0.39, 0.29) is 5.82 Å². The first kappa shape index (κ1) is 16.5. The molecule has 1 N–H and O–H groups in total. The molecule has 2 unspecified atom stereocenters. The minimum absolute atomic E-state index is 0.121. The Morgan fingerprint density at radius 3 is 2.81 bits per heavy atom. The summed E-state index contributed by atoms with van der Waals surface area (Å²) in [6, 6.07) is 7.56. The van der Waals surface area contributed by atoms with Gasteiger partial charge < -0.3 is 5.32 Å². The molecule has 0 aromatic heterocycles. The first-order chi connectivity index (χ1) is 10.0. The Balaban J connectivity index is 2.13. The number of hydrogen-bond donors (Lipinski definition) is 1. The molecule has 2 rings (SSSR count). The minimum Gasteiger partial charge on any atom is -0.313 e. The van der Waals surface area contributed by atoms with E-state index in [1.54, 1.807) is 6.07 Å². The van der Waals surface area contributed by atoms with Crippen molar-refractivity contribution >= 4 is 0 Å². The number of rotatable bonds is 6. The molecule has 1 aliphatic rings. The monoisotopic (exact) mass is 291 g/mol. The van der Waals surface area contributed by atoms with E-state index in [4.69, 9.17) is 0 Å². The van der Waals surface area contributed by atoms with Crippen LogP contribution in [0, 0.1) is 17.2 Å². The van der Waals surface area contributed by atoms with Crippen LogP contribution in [0.1, 0.15) is 58.4 Å². The molecule has 2 atom stereocenters. The summed E-state index contributed by atoms with van der Waals surface area (Å²) in [7, 11) is 0. The van der Waals surface area contributed by atoms with Crippen molar-refractivity contribution in [2.75, 3.05) is 6.54 Å². The SMILES string of the molecule is CCCNC(Cc1cccc(F)c1)C1CCCCC1(C)C. The van der Waals surface area contributed by atoms with E-state index >= 15 is 0 Å². The van der Waals surface area contributed by atoms with Crippen molar-refractivity contribution in [1.29, 1.82) is 0 Å². The van der Waals surface area contributed by atoms with E-state index in [0.29, 0.717) is 17.4 Å². The van der Waals surface area contributed by atoms with Crippen molar-refractivity contribution in [3.05, 3.63) is 35.6 Å².